The molecule has 0 saturated carbocycles. The number of H-pyrrole nitrogens is 1. The molecule has 1 aromatic heterocycles. The Bertz CT molecular complexity index is 555. The zero-order valence-corrected chi connectivity index (χ0v) is 8.88. The van der Waals surface area contributed by atoms with Gasteiger partial charge in [0, 0.05) is 12.3 Å². The molecule has 0 saturated heterocycles. The average molecular weight is 216 g/mol. The van der Waals surface area contributed by atoms with Gasteiger partial charge in [0.1, 0.15) is 0 Å². The normalized spacial score (nSPS) is 12.3. The number of hydrogen-bond acceptors (Lipinski definition) is 2. The van der Waals surface area contributed by atoms with Crippen LogP contribution in [0.4, 0.5) is 0 Å². The van der Waals surface area contributed by atoms with Crippen LogP contribution in [0.5, 0.6) is 0 Å². The van der Waals surface area contributed by atoms with Crippen molar-refractivity contribution in [2.45, 2.75) is 13.0 Å². The van der Waals surface area contributed by atoms with Gasteiger partial charge in [-0.05, 0) is 12.5 Å². The lowest BCUT2D eigenvalue weighted by molar-refractivity contribution is 0.578. The quantitative estimate of drug-likeness (QED) is 0.818. The largest absolute Gasteiger partial charge is 0.328 e. The van der Waals surface area contributed by atoms with Crippen molar-refractivity contribution in [3.8, 4) is 0 Å². The van der Waals surface area contributed by atoms with Gasteiger partial charge in [0.05, 0.1) is 6.04 Å². The lowest BCUT2D eigenvalue weighted by Crippen LogP contribution is -2.36. The van der Waals surface area contributed by atoms with Gasteiger partial charge in [-0.25, -0.2) is 4.79 Å². The smallest absolute Gasteiger partial charge is 0.314 e. The Morgan fingerprint density at radius 2 is 1.81 bits per heavy atom. The molecular weight excluding hydrogens is 204 g/mol. The maximum Gasteiger partial charge on any atom is 0.328 e. The Morgan fingerprint density at radius 1 is 1.12 bits per heavy atom. The van der Waals surface area contributed by atoms with Crippen LogP contribution < -0.4 is 11.2 Å². The summed E-state index contributed by atoms with van der Waals surface area (Å²) in [5.41, 5.74) is 0.255. The maximum atomic E-state index is 11.6. The molecule has 0 spiro atoms. The summed E-state index contributed by atoms with van der Waals surface area (Å²) < 4.78 is 1.20. The number of aromatic amines is 1. The summed E-state index contributed by atoms with van der Waals surface area (Å²) in [7, 11) is 0. The van der Waals surface area contributed by atoms with E-state index in [-0.39, 0.29) is 17.3 Å². The van der Waals surface area contributed by atoms with Crippen LogP contribution in [0.1, 0.15) is 18.5 Å². The van der Waals surface area contributed by atoms with Crippen LogP contribution in [-0.2, 0) is 0 Å². The summed E-state index contributed by atoms with van der Waals surface area (Å²) in [5.74, 6) is 0. The zero-order chi connectivity index (χ0) is 11.5. The van der Waals surface area contributed by atoms with Crippen LogP contribution in [-0.4, -0.2) is 9.55 Å². The molecule has 0 aliphatic carbocycles. The Kier molecular flexibility index (Phi) is 2.72. The van der Waals surface area contributed by atoms with E-state index in [9.17, 15) is 9.59 Å². The lowest BCUT2D eigenvalue weighted by atomic mass is 10.1. The van der Waals surface area contributed by atoms with E-state index in [4.69, 9.17) is 0 Å². The number of rotatable bonds is 2. The van der Waals surface area contributed by atoms with E-state index in [1.54, 1.807) is 0 Å². The minimum Gasteiger partial charge on any atom is -0.314 e. The van der Waals surface area contributed by atoms with Crippen LogP contribution in [0.15, 0.2) is 52.2 Å². The van der Waals surface area contributed by atoms with Gasteiger partial charge in [0.15, 0.2) is 0 Å². The highest BCUT2D eigenvalue weighted by Crippen LogP contribution is 2.12. The van der Waals surface area contributed by atoms with Gasteiger partial charge in [-0.1, -0.05) is 30.3 Å². The second-order valence-corrected chi connectivity index (χ2v) is 3.58. The Labute approximate surface area is 92.2 Å². The number of nitrogens with zero attached hydrogens (tertiary/aromatic N) is 1. The molecule has 0 fully saturated rings. The molecule has 4 heteroatoms. The summed E-state index contributed by atoms with van der Waals surface area (Å²) in [6.45, 7) is 1.83. The van der Waals surface area contributed by atoms with E-state index in [1.165, 1.54) is 16.8 Å². The zero-order valence-electron chi connectivity index (χ0n) is 8.88. The van der Waals surface area contributed by atoms with Crippen LogP contribution in [0.2, 0.25) is 0 Å². The minimum atomic E-state index is -0.385. The summed E-state index contributed by atoms with van der Waals surface area (Å²) in [4.78, 5) is 25.7. The van der Waals surface area contributed by atoms with Crippen LogP contribution in [0, 0.1) is 0 Å². The fourth-order valence-corrected chi connectivity index (χ4v) is 1.68. The number of benzene rings is 1. The fraction of sp³-hybridized carbons (Fsp3) is 0.167. The molecule has 16 heavy (non-hydrogen) atoms. The van der Waals surface area contributed by atoms with Gasteiger partial charge in [-0.2, -0.15) is 0 Å². The number of nitrogens with one attached hydrogen (secondary N) is 1. The van der Waals surface area contributed by atoms with Gasteiger partial charge in [-0.3, -0.25) is 9.36 Å². The first-order chi connectivity index (χ1) is 7.70. The van der Waals surface area contributed by atoms with Crippen molar-refractivity contribution in [3.63, 3.8) is 0 Å². The first-order valence-electron chi connectivity index (χ1n) is 5.05. The molecule has 4 nitrogen and oxygen atoms in total. The van der Waals surface area contributed by atoms with Gasteiger partial charge in [0.25, 0.3) is 5.56 Å². The van der Waals surface area contributed by atoms with Crippen LogP contribution in [0.25, 0.3) is 0 Å². The predicted octanol–water partition coefficient (Wildman–Crippen LogP) is 1.15. The number of hydrogen-bond donors (Lipinski definition) is 1. The molecule has 2 rings (SSSR count). The summed E-state index contributed by atoms with van der Waals surface area (Å²) in [6.07, 6.45) is 1.36. The third-order valence-electron chi connectivity index (χ3n) is 2.56. The lowest BCUT2D eigenvalue weighted by Gasteiger charge is -2.13. The van der Waals surface area contributed by atoms with Crippen molar-refractivity contribution in [1.29, 1.82) is 0 Å². The molecule has 1 N–H and O–H groups in total. The first kappa shape index (κ1) is 10.4. The monoisotopic (exact) mass is 216 g/mol. The second-order valence-electron chi connectivity index (χ2n) is 3.58. The highest BCUT2D eigenvalue weighted by atomic mass is 16.2. The predicted molar refractivity (Wildman–Crippen MR) is 61.6 cm³/mol. The van der Waals surface area contributed by atoms with Gasteiger partial charge in [0.2, 0.25) is 0 Å². The summed E-state index contributed by atoms with van der Waals surface area (Å²) in [5, 5.41) is 0. The standard InChI is InChI=1S/C12H12N2O2/c1-9(10-5-3-2-4-6-10)14-11(15)7-8-13-12(14)16/h2-9H,1H3,(H,13,16)/t9-/m0/s1. The van der Waals surface area contributed by atoms with Crippen molar-refractivity contribution in [1.82, 2.24) is 9.55 Å². The van der Waals surface area contributed by atoms with Gasteiger partial charge >= 0.3 is 5.69 Å². The molecular formula is C12H12N2O2. The highest BCUT2D eigenvalue weighted by molar-refractivity contribution is 5.19. The van der Waals surface area contributed by atoms with Crippen molar-refractivity contribution in [2.75, 3.05) is 0 Å². The molecule has 0 radical (unpaired) electrons. The minimum absolute atomic E-state index is 0.265. The molecule has 0 aliphatic rings. The van der Waals surface area contributed by atoms with E-state index in [2.05, 4.69) is 4.98 Å². The van der Waals surface area contributed by atoms with Gasteiger partial charge in [-0.15, -0.1) is 0 Å². The van der Waals surface area contributed by atoms with E-state index >= 15 is 0 Å². The van der Waals surface area contributed by atoms with E-state index in [1.807, 2.05) is 37.3 Å². The molecule has 82 valence electrons. The molecule has 1 heterocycles. The third kappa shape index (κ3) is 1.82. The first-order valence-corrected chi connectivity index (χ1v) is 5.05. The molecule has 0 bridgehead atoms. The SMILES string of the molecule is C[C@@H](c1ccccc1)n1c(=O)cc[nH]c1=O. The van der Waals surface area contributed by atoms with Crippen LogP contribution >= 0.6 is 0 Å². The Balaban J connectivity index is 2.54. The Hall–Kier alpha value is -2.10. The molecule has 0 aliphatic heterocycles. The average Bonchev–Trinajstić information content (AvgIpc) is 2.30. The maximum absolute atomic E-state index is 11.6. The van der Waals surface area contributed by atoms with E-state index < -0.39 is 0 Å². The number of aromatic nitrogens is 2. The third-order valence-corrected chi connectivity index (χ3v) is 2.56. The van der Waals surface area contributed by atoms with Gasteiger partial charge < -0.3 is 4.98 Å². The van der Waals surface area contributed by atoms with E-state index in [0.717, 1.165) is 5.56 Å². The van der Waals surface area contributed by atoms with E-state index in [0.29, 0.717) is 0 Å². The van der Waals surface area contributed by atoms with Crippen molar-refractivity contribution < 1.29 is 0 Å². The summed E-state index contributed by atoms with van der Waals surface area (Å²) in [6, 6.07) is 10.5. The van der Waals surface area contributed by atoms with Crippen molar-refractivity contribution in [2.24, 2.45) is 0 Å². The Morgan fingerprint density at radius 3 is 2.44 bits per heavy atom. The molecule has 1 atom stereocenters. The molecule has 0 unspecified atom stereocenters. The molecule has 1 aromatic carbocycles. The highest BCUT2D eigenvalue weighted by Gasteiger charge is 2.11. The topological polar surface area (TPSA) is 54.9 Å². The summed E-state index contributed by atoms with van der Waals surface area (Å²) >= 11 is 0. The van der Waals surface area contributed by atoms with Crippen molar-refractivity contribution in [3.05, 3.63) is 69.0 Å². The van der Waals surface area contributed by atoms with Crippen LogP contribution in [0.3, 0.4) is 0 Å². The van der Waals surface area contributed by atoms with Crippen molar-refractivity contribution >= 4 is 0 Å². The fourth-order valence-electron chi connectivity index (χ4n) is 1.68. The molecule has 0 amide bonds. The second kappa shape index (κ2) is 4.18. The molecule has 2 aromatic rings.